The van der Waals surface area contributed by atoms with Crippen LogP contribution in [0.15, 0.2) is 60.8 Å². The second-order valence-corrected chi connectivity index (χ2v) is 9.59. The Bertz CT molecular complexity index is 1230. The van der Waals surface area contributed by atoms with E-state index in [-0.39, 0.29) is 5.82 Å². The number of hydrogen-bond acceptors (Lipinski definition) is 7. The van der Waals surface area contributed by atoms with Crippen LogP contribution in [-0.4, -0.2) is 66.2 Å². The van der Waals surface area contributed by atoms with Gasteiger partial charge in [-0.05, 0) is 75.8 Å². The average Bonchev–Trinajstić information content (AvgIpc) is 3.40. The smallest absolute Gasteiger partial charge is 0.227 e. The van der Waals surface area contributed by atoms with E-state index in [0.29, 0.717) is 36.2 Å². The molecule has 0 spiro atoms. The Hall–Kier alpha value is -3.49. The topological polar surface area (TPSA) is 62.8 Å². The van der Waals surface area contributed by atoms with E-state index in [4.69, 9.17) is 9.47 Å². The Kier molecular flexibility index (Phi) is 8.28. The molecule has 0 amide bonds. The van der Waals surface area contributed by atoms with Crippen molar-refractivity contribution in [2.45, 2.75) is 25.8 Å². The lowest BCUT2D eigenvalue weighted by Gasteiger charge is -2.20. The first kappa shape index (κ1) is 25.2. The van der Waals surface area contributed by atoms with E-state index in [1.54, 1.807) is 12.3 Å². The molecule has 1 N–H and O–H groups in total. The lowest BCUT2D eigenvalue weighted by molar-refractivity contribution is 0.234. The van der Waals surface area contributed by atoms with Gasteiger partial charge in [-0.1, -0.05) is 12.2 Å². The van der Waals surface area contributed by atoms with Crippen molar-refractivity contribution in [1.29, 1.82) is 0 Å². The minimum atomic E-state index is -0.364. The monoisotopic (exact) mass is 503 g/mol. The summed E-state index contributed by atoms with van der Waals surface area (Å²) in [5.74, 6) is 1.46. The molecule has 0 atom stereocenters. The van der Waals surface area contributed by atoms with Gasteiger partial charge >= 0.3 is 0 Å². The molecule has 0 saturated carbocycles. The van der Waals surface area contributed by atoms with E-state index in [1.807, 2.05) is 18.2 Å². The Morgan fingerprint density at radius 3 is 2.86 bits per heavy atom. The summed E-state index contributed by atoms with van der Waals surface area (Å²) >= 11 is 0. The van der Waals surface area contributed by atoms with Crippen molar-refractivity contribution in [1.82, 2.24) is 19.8 Å². The fraction of sp³-hybridized carbons (Fsp3) is 0.379. The number of benzene rings is 2. The van der Waals surface area contributed by atoms with Gasteiger partial charge in [0.25, 0.3) is 0 Å². The molecule has 3 aromatic rings. The van der Waals surface area contributed by atoms with Crippen molar-refractivity contribution in [3.05, 3.63) is 72.2 Å². The van der Waals surface area contributed by atoms with Crippen molar-refractivity contribution >= 4 is 11.6 Å². The van der Waals surface area contributed by atoms with Gasteiger partial charge in [-0.15, -0.1) is 0 Å². The number of likely N-dealkylation sites (tertiary alicyclic amines) is 1. The molecule has 194 valence electrons. The first-order chi connectivity index (χ1) is 18.1. The average molecular weight is 504 g/mol. The van der Waals surface area contributed by atoms with Crippen molar-refractivity contribution < 1.29 is 13.9 Å². The predicted octanol–water partition coefficient (Wildman–Crippen LogP) is 5.27. The van der Waals surface area contributed by atoms with Crippen molar-refractivity contribution in [3.8, 4) is 22.8 Å². The number of rotatable bonds is 4. The zero-order valence-corrected chi connectivity index (χ0v) is 21.3. The highest BCUT2D eigenvalue weighted by molar-refractivity contribution is 5.64. The lowest BCUT2D eigenvalue weighted by Crippen LogP contribution is -2.25. The standard InChI is InChI=1S/C29H34FN5O2/c1-34-11-3-2-6-15-36-26-19-22(17-24(30)20-26)27-9-10-31-29(33-27)32-25-7-8-28(23(18-25)21-34)37-16-14-35-12-4-5-13-35/h2-3,7-10,17-20H,4-6,11-16,21H2,1H3,(H,31,32,33). The number of hydrogen-bond donors (Lipinski definition) is 1. The minimum Gasteiger partial charge on any atom is -0.493 e. The molecule has 0 radical (unpaired) electrons. The van der Waals surface area contributed by atoms with E-state index < -0.39 is 0 Å². The summed E-state index contributed by atoms with van der Waals surface area (Å²) in [6.45, 7) is 5.94. The Morgan fingerprint density at radius 1 is 1.08 bits per heavy atom. The quantitative estimate of drug-likeness (QED) is 0.487. The number of aromatic nitrogens is 2. The fourth-order valence-corrected chi connectivity index (χ4v) is 4.69. The molecule has 1 fully saturated rings. The van der Waals surface area contributed by atoms with Gasteiger partial charge in [0.15, 0.2) is 0 Å². The van der Waals surface area contributed by atoms with Crippen LogP contribution < -0.4 is 14.8 Å². The van der Waals surface area contributed by atoms with Gasteiger partial charge in [0, 0.05) is 48.7 Å². The van der Waals surface area contributed by atoms with Crippen LogP contribution in [0.2, 0.25) is 0 Å². The van der Waals surface area contributed by atoms with Gasteiger partial charge in [-0.3, -0.25) is 9.80 Å². The normalized spacial score (nSPS) is 16.9. The summed E-state index contributed by atoms with van der Waals surface area (Å²) in [6.07, 6.45) is 9.20. The second-order valence-electron chi connectivity index (χ2n) is 9.59. The van der Waals surface area contributed by atoms with Crippen LogP contribution >= 0.6 is 0 Å². The number of nitrogens with one attached hydrogen (secondary N) is 1. The molecule has 6 bridgehead atoms. The van der Waals surface area contributed by atoms with Gasteiger partial charge < -0.3 is 14.8 Å². The first-order valence-corrected chi connectivity index (χ1v) is 13.0. The number of anilines is 2. The summed E-state index contributed by atoms with van der Waals surface area (Å²) in [5.41, 5.74) is 3.22. The number of nitrogens with zero attached hydrogens (tertiary/aromatic N) is 4. The van der Waals surface area contributed by atoms with Crippen LogP contribution in [-0.2, 0) is 6.54 Å². The van der Waals surface area contributed by atoms with Crippen LogP contribution in [0, 0.1) is 5.82 Å². The van der Waals surface area contributed by atoms with E-state index in [1.165, 1.54) is 25.0 Å². The van der Waals surface area contributed by atoms with E-state index in [2.05, 4.69) is 50.4 Å². The zero-order chi connectivity index (χ0) is 25.5. The maximum atomic E-state index is 14.3. The Labute approximate surface area is 217 Å². The highest BCUT2D eigenvalue weighted by atomic mass is 19.1. The predicted molar refractivity (Wildman–Crippen MR) is 144 cm³/mol. The van der Waals surface area contributed by atoms with Crippen molar-refractivity contribution in [2.24, 2.45) is 0 Å². The zero-order valence-electron chi connectivity index (χ0n) is 21.3. The van der Waals surface area contributed by atoms with Crippen LogP contribution in [0.4, 0.5) is 16.0 Å². The first-order valence-electron chi connectivity index (χ1n) is 13.0. The molecule has 5 rings (SSSR count). The maximum absolute atomic E-state index is 14.3. The van der Waals surface area contributed by atoms with Gasteiger partial charge in [-0.25, -0.2) is 14.4 Å². The van der Waals surface area contributed by atoms with Crippen molar-refractivity contribution in [2.75, 3.05) is 51.8 Å². The minimum absolute atomic E-state index is 0.364. The number of halogens is 1. The third kappa shape index (κ3) is 7.05. The molecular formula is C29H34FN5O2. The van der Waals surface area contributed by atoms with Gasteiger partial charge in [0.1, 0.15) is 23.9 Å². The molecule has 0 unspecified atom stereocenters. The molecule has 8 heteroatoms. The molecule has 2 aliphatic rings. The number of fused-ring (bicyclic) bond motifs is 7. The van der Waals surface area contributed by atoms with Crippen LogP contribution in [0.5, 0.6) is 11.5 Å². The summed E-state index contributed by atoms with van der Waals surface area (Å²) in [6, 6.07) is 12.5. The molecule has 37 heavy (non-hydrogen) atoms. The molecule has 1 aromatic heterocycles. The molecule has 2 aliphatic heterocycles. The fourth-order valence-electron chi connectivity index (χ4n) is 4.69. The molecule has 2 aromatic carbocycles. The molecular weight excluding hydrogens is 469 g/mol. The van der Waals surface area contributed by atoms with Crippen LogP contribution in [0.1, 0.15) is 24.8 Å². The van der Waals surface area contributed by atoms with Crippen molar-refractivity contribution in [3.63, 3.8) is 0 Å². The van der Waals surface area contributed by atoms with Crippen LogP contribution in [0.25, 0.3) is 11.3 Å². The largest absolute Gasteiger partial charge is 0.493 e. The summed E-state index contributed by atoms with van der Waals surface area (Å²) in [5, 5.41) is 3.31. The Balaban J connectivity index is 1.41. The third-order valence-corrected chi connectivity index (χ3v) is 6.58. The number of ether oxygens (including phenoxy) is 2. The second kappa shape index (κ2) is 12.2. The van der Waals surface area contributed by atoms with Crippen LogP contribution in [0.3, 0.4) is 0 Å². The Morgan fingerprint density at radius 2 is 1.97 bits per heavy atom. The molecule has 3 heterocycles. The van der Waals surface area contributed by atoms with E-state index in [9.17, 15) is 4.39 Å². The lowest BCUT2D eigenvalue weighted by atomic mass is 10.1. The van der Waals surface area contributed by atoms with E-state index >= 15 is 0 Å². The summed E-state index contributed by atoms with van der Waals surface area (Å²) < 4.78 is 26.4. The summed E-state index contributed by atoms with van der Waals surface area (Å²) in [7, 11) is 2.09. The third-order valence-electron chi connectivity index (χ3n) is 6.58. The highest BCUT2D eigenvalue weighted by Crippen LogP contribution is 2.28. The van der Waals surface area contributed by atoms with E-state index in [0.717, 1.165) is 56.1 Å². The molecule has 0 aliphatic carbocycles. The number of likely N-dealkylation sites (N-methyl/N-ethyl adjacent to an activating group) is 1. The SMILES string of the molecule is CN1CC=CCCOc2cc(F)cc(c2)-c2ccnc(n2)Nc2ccc(OCCN3CCCC3)c(c2)C1. The maximum Gasteiger partial charge on any atom is 0.227 e. The van der Waals surface area contributed by atoms with Gasteiger partial charge in [0.05, 0.1) is 12.3 Å². The van der Waals surface area contributed by atoms with Gasteiger partial charge in [0.2, 0.25) is 5.95 Å². The molecule has 1 saturated heterocycles. The highest BCUT2D eigenvalue weighted by Gasteiger charge is 2.14. The van der Waals surface area contributed by atoms with Gasteiger partial charge in [-0.2, -0.15) is 0 Å². The summed E-state index contributed by atoms with van der Waals surface area (Å²) in [4.78, 5) is 13.7. The molecule has 7 nitrogen and oxygen atoms in total.